The van der Waals surface area contributed by atoms with E-state index in [2.05, 4.69) is 20.5 Å². The zero-order valence-electron chi connectivity index (χ0n) is 19.5. The van der Waals surface area contributed by atoms with Gasteiger partial charge in [-0.05, 0) is 25.0 Å². The highest BCUT2D eigenvalue weighted by Gasteiger charge is 2.47. The molecule has 0 aliphatic carbocycles. The van der Waals surface area contributed by atoms with Crippen LogP contribution in [0, 0.1) is 0 Å². The van der Waals surface area contributed by atoms with Crippen molar-refractivity contribution in [2.45, 2.75) is 30.1 Å². The molecule has 2 aromatic carbocycles. The summed E-state index contributed by atoms with van der Waals surface area (Å²) in [5.41, 5.74) is -3.89. The fourth-order valence-corrected chi connectivity index (χ4v) is 5.15. The van der Waals surface area contributed by atoms with Gasteiger partial charge in [0.1, 0.15) is 0 Å². The largest absolute Gasteiger partial charge is 0.437 e. The lowest BCUT2D eigenvalue weighted by Crippen LogP contribution is -2.30. The number of unbranched alkanes of at least 4 members (excludes halogenated alkanes) is 1. The third kappa shape index (κ3) is 6.45. The Morgan fingerprint density at radius 3 is 2.14 bits per heavy atom. The quantitative estimate of drug-likeness (QED) is 0.333. The highest BCUT2D eigenvalue weighted by atomic mass is 32.2. The standard InChI is InChI=1S/C22H21F6N5O3S/c1-33(2)15-9-5-8-14-13(15)7-6-10-16(14)37(35,36)12-4-3-11-29-20(34)19-30-17(21(23,24)25)18(31-32-19)22(26,27)28/h5-10H,3-4,11-12H2,1-2H3,(H,29,34). The molecule has 1 aromatic heterocycles. The van der Waals surface area contributed by atoms with E-state index in [4.69, 9.17) is 0 Å². The summed E-state index contributed by atoms with van der Waals surface area (Å²) in [6.45, 7) is -0.180. The predicted octanol–water partition coefficient (Wildman–Crippen LogP) is 4.11. The van der Waals surface area contributed by atoms with Crippen LogP contribution in [0.5, 0.6) is 0 Å². The number of rotatable bonds is 8. The fraction of sp³-hybridized carbons (Fsp3) is 0.364. The first-order chi connectivity index (χ1) is 17.1. The molecule has 0 spiro atoms. The molecule has 0 bridgehead atoms. The topological polar surface area (TPSA) is 105 Å². The van der Waals surface area contributed by atoms with Gasteiger partial charge in [0, 0.05) is 37.1 Å². The van der Waals surface area contributed by atoms with Gasteiger partial charge in [-0.1, -0.05) is 24.3 Å². The van der Waals surface area contributed by atoms with Crippen LogP contribution in [0.1, 0.15) is 34.8 Å². The van der Waals surface area contributed by atoms with E-state index in [1.54, 1.807) is 18.2 Å². The van der Waals surface area contributed by atoms with Crippen LogP contribution in [0.15, 0.2) is 41.3 Å². The average Bonchev–Trinajstić information content (AvgIpc) is 2.81. The number of halogens is 6. The van der Waals surface area contributed by atoms with Crippen molar-refractivity contribution in [3.63, 3.8) is 0 Å². The second-order valence-corrected chi connectivity index (χ2v) is 10.2. The Hall–Kier alpha value is -3.49. The molecule has 0 atom stereocenters. The highest BCUT2D eigenvalue weighted by Crippen LogP contribution is 2.37. The number of sulfone groups is 1. The normalized spacial score (nSPS) is 12.5. The molecule has 3 rings (SSSR count). The van der Waals surface area contributed by atoms with Crippen molar-refractivity contribution in [2.24, 2.45) is 0 Å². The van der Waals surface area contributed by atoms with Crippen molar-refractivity contribution in [1.82, 2.24) is 20.5 Å². The molecule has 200 valence electrons. The molecular formula is C22H21F6N5O3S. The summed E-state index contributed by atoms with van der Waals surface area (Å²) in [5.74, 6) is -2.75. The molecular weight excluding hydrogens is 528 g/mol. The van der Waals surface area contributed by atoms with Crippen LogP contribution < -0.4 is 10.2 Å². The summed E-state index contributed by atoms with van der Waals surface area (Å²) in [7, 11) is -0.0538. The Balaban J connectivity index is 1.64. The number of carbonyl (C=O) groups is 1. The lowest BCUT2D eigenvalue weighted by Gasteiger charge is -2.17. The van der Waals surface area contributed by atoms with Gasteiger partial charge in [0.2, 0.25) is 5.82 Å². The molecule has 0 saturated heterocycles. The van der Waals surface area contributed by atoms with Crippen molar-refractivity contribution in [3.05, 3.63) is 53.6 Å². The number of nitrogens with one attached hydrogen (secondary N) is 1. The molecule has 0 saturated carbocycles. The third-order valence-corrected chi connectivity index (χ3v) is 7.08. The molecule has 0 aliphatic heterocycles. The van der Waals surface area contributed by atoms with Crippen LogP contribution in [0.3, 0.4) is 0 Å². The van der Waals surface area contributed by atoms with Gasteiger partial charge in [-0.15, -0.1) is 10.2 Å². The van der Waals surface area contributed by atoms with Crippen molar-refractivity contribution in [1.29, 1.82) is 0 Å². The van der Waals surface area contributed by atoms with Crippen molar-refractivity contribution >= 4 is 32.2 Å². The maximum atomic E-state index is 13.0. The van der Waals surface area contributed by atoms with Crippen molar-refractivity contribution in [2.75, 3.05) is 31.3 Å². The molecule has 8 nitrogen and oxygen atoms in total. The Morgan fingerprint density at radius 1 is 0.892 bits per heavy atom. The number of anilines is 1. The Bertz CT molecular complexity index is 1410. The summed E-state index contributed by atoms with van der Waals surface area (Å²) >= 11 is 0. The Labute approximate surface area is 207 Å². The molecule has 0 radical (unpaired) electrons. The SMILES string of the molecule is CN(C)c1cccc2c(S(=O)(=O)CCCCNC(=O)c3nnc(C(F)(F)F)c(C(F)(F)F)n3)cccc12. The first-order valence-corrected chi connectivity index (χ1v) is 12.4. The van der Waals surface area contributed by atoms with E-state index in [1.807, 2.05) is 31.1 Å². The molecule has 0 unspecified atom stereocenters. The number of nitrogens with zero attached hydrogens (tertiary/aromatic N) is 4. The monoisotopic (exact) mass is 549 g/mol. The van der Waals surface area contributed by atoms with E-state index in [9.17, 15) is 39.6 Å². The number of hydrogen-bond donors (Lipinski definition) is 1. The van der Waals surface area contributed by atoms with Gasteiger partial charge in [0.25, 0.3) is 5.91 Å². The van der Waals surface area contributed by atoms with Crippen LogP contribution in [-0.2, 0) is 22.2 Å². The smallest absolute Gasteiger partial charge is 0.377 e. The number of fused-ring (bicyclic) bond motifs is 1. The summed E-state index contributed by atoms with van der Waals surface area (Å²) in [6, 6.07) is 10.2. The number of alkyl halides is 6. The molecule has 3 aromatic rings. The Morgan fingerprint density at radius 2 is 1.51 bits per heavy atom. The molecule has 15 heteroatoms. The second kappa shape index (κ2) is 10.5. The molecule has 1 amide bonds. The van der Waals surface area contributed by atoms with E-state index in [0.29, 0.717) is 5.39 Å². The molecule has 1 N–H and O–H groups in total. The van der Waals surface area contributed by atoms with E-state index in [1.165, 1.54) is 6.07 Å². The average molecular weight is 549 g/mol. The molecule has 0 aliphatic rings. The summed E-state index contributed by atoms with van der Waals surface area (Å²) in [5, 5.41) is 8.80. The van der Waals surface area contributed by atoms with Gasteiger partial charge in [0.05, 0.1) is 10.6 Å². The summed E-state index contributed by atoms with van der Waals surface area (Å²) < 4.78 is 103. The Kier molecular flexibility index (Phi) is 7.95. The van der Waals surface area contributed by atoms with Crippen LogP contribution in [0.4, 0.5) is 32.0 Å². The minimum absolute atomic E-state index is 0.0896. The number of carbonyl (C=O) groups excluding carboxylic acids is 1. The number of benzene rings is 2. The van der Waals surface area contributed by atoms with E-state index < -0.39 is 45.3 Å². The van der Waals surface area contributed by atoms with E-state index in [-0.39, 0.29) is 30.0 Å². The second-order valence-electron chi connectivity index (χ2n) is 8.13. The van der Waals surface area contributed by atoms with Crippen molar-refractivity contribution < 1.29 is 39.6 Å². The van der Waals surface area contributed by atoms with Gasteiger partial charge in [0.15, 0.2) is 21.2 Å². The van der Waals surface area contributed by atoms with Crippen LogP contribution in [-0.4, -0.2) is 55.9 Å². The highest BCUT2D eigenvalue weighted by molar-refractivity contribution is 7.91. The number of aromatic nitrogens is 3. The first kappa shape index (κ1) is 28.1. The van der Waals surface area contributed by atoms with Gasteiger partial charge < -0.3 is 10.2 Å². The van der Waals surface area contributed by atoms with Crippen LogP contribution >= 0.6 is 0 Å². The van der Waals surface area contributed by atoms with Gasteiger partial charge in [-0.3, -0.25) is 4.79 Å². The minimum atomic E-state index is -5.51. The van der Waals surface area contributed by atoms with Crippen LogP contribution in [0.2, 0.25) is 0 Å². The summed E-state index contributed by atoms with van der Waals surface area (Å²) in [4.78, 5) is 16.8. The first-order valence-electron chi connectivity index (χ1n) is 10.7. The fourth-order valence-electron chi connectivity index (χ4n) is 3.54. The predicted molar refractivity (Wildman–Crippen MR) is 122 cm³/mol. The lowest BCUT2D eigenvalue weighted by atomic mass is 10.1. The summed E-state index contributed by atoms with van der Waals surface area (Å²) in [6.07, 6.45) is -10.8. The third-order valence-electron chi connectivity index (χ3n) is 5.23. The molecule has 37 heavy (non-hydrogen) atoms. The van der Waals surface area contributed by atoms with E-state index >= 15 is 0 Å². The van der Waals surface area contributed by atoms with Crippen molar-refractivity contribution in [3.8, 4) is 0 Å². The van der Waals surface area contributed by atoms with Gasteiger partial charge >= 0.3 is 12.4 Å². The maximum absolute atomic E-state index is 13.0. The zero-order valence-corrected chi connectivity index (χ0v) is 20.3. The lowest BCUT2D eigenvalue weighted by molar-refractivity contribution is -0.168. The molecule has 1 heterocycles. The number of hydrogen-bond acceptors (Lipinski definition) is 7. The van der Waals surface area contributed by atoms with Crippen LogP contribution in [0.25, 0.3) is 10.8 Å². The zero-order chi connectivity index (χ0) is 27.6. The van der Waals surface area contributed by atoms with E-state index in [0.717, 1.165) is 11.1 Å². The molecule has 0 fully saturated rings. The minimum Gasteiger partial charge on any atom is -0.377 e. The van der Waals surface area contributed by atoms with Gasteiger partial charge in [-0.2, -0.15) is 26.3 Å². The van der Waals surface area contributed by atoms with Gasteiger partial charge in [-0.25, -0.2) is 13.4 Å². The maximum Gasteiger partial charge on any atom is 0.437 e. The number of amides is 1.